The summed E-state index contributed by atoms with van der Waals surface area (Å²) in [5.74, 6) is -2.88. The lowest BCUT2D eigenvalue weighted by molar-refractivity contribution is -0.136. The molecule has 0 radical (unpaired) electrons. The van der Waals surface area contributed by atoms with Crippen molar-refractivity contribution in [1.82, 2.24) is 4.98 Å². The number of nitrogens with zero attached hydrogens (tertiary/aromatic N) is 1. The number of esters is 1. The first-order valence-corrected chi connectivity index (χ1v) is 10.2. The molecule has 0 aliphatic carbocycles. The fraction of sp³-hybridized carbons (Fsp3) is 0.167. The van der Waals surface area contributed by atoms with Crippen molar-refractivity contribution in [3.8, 4) is 0 Å². The molecule has 0 aliphatic heterocycles. The highest BCUT2D eigenvalue weighted by Gasteiger charge is 2.34. The Bertz CT molecular complexity index is 1270. The number of hydrogen-bond donors (Lipinski definition) is 2. The van der Waals surface area contributed by atoms with Gasteiger partial charge in [0.2, 0.25) is 0 Å². The molecule has 2 N–H and O–H groups in total. The lowest BCUT2D eigenvalue weighted by Crippen LogP contribution is -2.19. The summed E-state index contributed by atoms with van der Waals surface area (Å²) < 4.78 is 59.0. The number of anilines is 2. The van der Waals surface area contributed by atoms with Gasteiger partial charge in [-0.05, 0) is 68.4 Å². The number of aryl methyl sites for hydroxylation is 1. The van der Waals surface area contributed by atoms with Crippen LogP contribution < -0.4 is 10.6 Å². The van der Waals surface area contributed by atoms with Crippen molar-refractivity contribution in [3.05, 3.63) is 88.5 Å². The van der Waals surface area contributed by atoms with Gasteiger partial charge < -0.3 is 15.4 Å². The molecular formula is C24H19F4N3O4. The molecule has 0 aliphatic rings. The average molecular weight is 489 g/mol. The number of pyridine rings is 1. The third-order valence-electron chi connectivity index (χ3n) is 4.75. The molecular weight excluding hydrogens is 470 g/mol. The first kappa shape index (κ1) is 25.3. The molecule has 35 heavy (non-hydrogen) atoms. The number of benzene rings is 2. The Hall–Kier alpha value is -4.28. The number of amides is 2. The summed E-state index contributed by atoms with van der Waals surface area (Å²) in [5, 5.41) is 4.47. The Balaban J connectivity index is 1.83. The van der Waals surface area contributed by atoms with Crippen LogP contribution in [0.2, 0.25) is 0 Å². The van der Waals surface area contributed by atoms with Crippen molar-refractivity contribution in [2.75, 3.05) is 17.2 Å². The van der Waals surface area contributed by atoms with Gasteiger partial charge in [0.1, 0.15) is 11.5 Å². The zero-order valence-corrected chi connectivity index (χ0v) is 18.5. The van der Waals surface area contributed by atoms with E-state index in [-0.39, 0.29) is 34.8 Å². The Morgan fingerprint density at radius 2 is 1.63 bits per heavy atom. The second-order valence-corrected chi connectivity index (χ2v) is 7.22. The molecule has 2 amide bonds. The van der Waals surface area contributed by atoms with E-state index in [0.29, 0.717) is 6.07 Å². The zero-order chi connectivity index (χ0) is 25.8. The van der Waals surface area contributed by atoms with E-state index in [0.717, 1.165) is 18.2 Å². The minimum atomic E-state index is -4.86. The predicted octanol–water partition coefficient (Wildman–Crippen LogP) is 5.23. The molecule has 0 saturated carbocycles. The predicted molar refractivity (Wildman–Crippen MR) is 119 cm³/mol. The van der Waals surface area contributed by atoms with Gasteiger partial charge in [0.25, 0.3) is 11.8 Å². The molecule has 0 atom stereocenters. The number of ether oxygens (including phenoxy) is 1. The van der Waals surface area contributed by atoms with Crippen LogP contribution in [0, 0.1) is 12.7 Å². The minimum Gasteiger partial charge on any atom is -0.462 e. The smallest absolute Gasteiger partial charge is 0.418 e. The van der Waals surface area contributed by atoms with Gasteiger partial charge >= 0.3 is 12.1 Å². The van der Waals surface area contributed by atoms with Gasteiger partial charge in [-0.2, -0.15) is 13.2 Å². The molecule has 3 aromatic rings. The van der Waals surface area contributed by atoms with Crippen LogP contribution in [0.3, 0.4) is 0 Å². The highest BCUT2D eigenvalue weighted by atomic mass is 19.4. The van der Waals surface area contributed by atoms with Crippen LogP contribution >= 0.6 is 0 Å². The molecule has 2 aromatic carbocycles. The van der Waals surface area contributed by atoms with Crippen molar-refractivity contribution in [2.24, 2.45) is 0 Å². The van der Waals surface area contributed by atoms with E-state index in [2.05, 4.69) is 15.6 Å². The Kier molecular flexibility index (Phi) is 7.48. The Labute approximate surface area is 197 Å². The van der Waals surface area contributed by atoms with Crippen molar-refractivity contribution in [1.29, 1.82) is 0 Å². The third-order valence-corrected chi connectivity index (χ3v) is 4.75. The molecule has 182 valence electrons. The molecule has 0 saturated heterocycles. The van der Waals surface area contributed by atoms with E-state index in [9.17, 15) is 31.9 Å². The van der Waals surface area contributed by atoms with Crippen LogP contribution in [0.4, 0.5) is 28.9 Å². The lowest BCUT2D eigenvalue weighted by atomic mass is 10.1. The van der Waals surface area contributed by atoms with Gasteiger partial charge in [-0.1, -0.05) is 0 Å². The number of hydrogen-bond acceptors (Lipinski definition) is 5. The Morgan fingerprint density at radius 1 is 0.943 bits per heavy atom. The van der Waals surface area contributed by atoms with E-state index in [1.165, 1.54) is 37.3 Å². The number of carbonyl (C=O) groups excluding carboxylic acids is 3. The first-order valence-electron chi connectivity index (χ1n) is 10.2. The van der Waals surface area contributed by atoms with Crippen molar-refractivity contribution >= 4 is 29.2 Å². The summed E-state index contributed by atoms with van der Waals surface area (Å²) in [6.45, 7) is 3.23. The van der Waals surface area contributed by atoms with Gasteiger partial charge in [-0.15, -0.1) is 0 Å². The van der Waals surface area contributed by atoms with Crippen LogP contribution in [-0.2, 0) is 10.9 Å². The van der Waals surface area contributed by atoms with Gasteiger partial charge in [0.05, 0.1) is 29.1 Å². The number of nitrogens with one attached hydrogen (secondary N) is 2. The molecule has 3 rings (SSSR count). The minimum absolute atomic E-state index is 0.0463. The fourth-order valence-corrected chi connectivity index (χ4v) is 3.07. The highest BCUT2D eigenvalue weighted by Crippen LogP contribution is 2.37. The van der Waals surface area contributed by atoms with Gasteiger partial charge in [0.15, 0.2) is 0 Å². The normalized spacial score (nSPS) is 11.0. The largest absolute Gasteiger partial charge is 0.462 e. The fourth-order valence-electron chi connectivity index (χ4n) is 3.07. The Morgan fingerprint density at radius 3 is 2.23 bits per heavy atom. The quantitative estimate of drug-likeness (QED) is 0.365. The topological polar surface area (TPSA) is 97.4 Å². The summed E-state index contributed by atoms with van der Waals surface area (Å²) in [5.41, 5.74) is -1.81. The van der Waals surface area contributed by atoms with Crippen LogP contribution in [0.5, 0.6) is 0 Å². The SMILES string of the molecule is CCOC(=O)c1ccc(C(=O)Nc2ccc(NC(=O)c3ccc(F)cc3)cc2C(F)(F)F)nc1C. The first-order chi connectivity index (χ1) is 16.5. The highest BCUT2D eigenvalue weighted by molar-refractivity contribution is 6.06. The van der Waals surface area contributed by atoms with E-state index >= 15 is 0 Å². The maximum atomic E-state index is 13.7. The number of aromatic nitrogens is 1. The van der Waals surface area contributed by atoms with Crippen molar-refractivity contribution in [2.45, 2.75) is 20.0 Å². The molecule has 0 spiro atoms. The van der Waals surface area contributed by atoms with E-state index in [4.69, 9.17) is 4.74 Å². The van der Waals surface area contributed by atoms with Crippen molar-refractivity contribution < 1.29 is 36.7 Å². The second-order valence-electron chi connectivity index (χ2n) is 7.22. The summed E-state index contributed by atoms with van der Waals surface area (Å²) in [6.07, 6.45) is -4.86. The van der Waals surface area contributed by atoms with Gasteiger partial charge in [-0.3, -0.25) is 9.59 Å². The maximum absolute atomic E-state index is 13.7. The molecule has 0 bridgehead atoms. The van der Waals surface area contributed by atoms with Crippen molar-refractivity contribution in [3.63, 3.8) is 0 Å². The molecule has 11 heteroatoms. The second kappa shape index (κ2) is 10.3. The summed E-state index contributed by atoms with van der Waals surface area (Å²) >= 11 is 0. The number of halogens is 4. The molecule has 7 nitrogen and oxygen atoms in total. The number of rotatable bonds is 6. The summed E-state index contributed by atoms with van der Waals surface area (Å²) in [7, 11) is 0. The lowest BCUT2D eigenvalue weighted by Gasteiger charge is -2.16. The molecule has 0 fully saturated rings. The summed E-state index contributed by atoms with van der Waals surface area (Å²) in [4.78, 5) is 40.7. The number of carbonyl (C=O) groups is 3. The van der Waals surface area contributed by atoms with E-state index in [1.54, 1.807) is 6.92 Å². The number of alkyl halides is 3. The van der Waals surface area contributed by atoms with E-state index in [1.807, 2.05) is 0 Å². The summed E-state index contributed by atoms with van der Waals surface area (Å²) in [6, 6.07) is 9.79. The molecule has 0 unspecified atom stereocenters. The molecule has 1 heterocycles. The van der Waals surface area contributed by atoms with E-state index < -0.39 is 41.0 Å². The van der Waals surface area contributed by atoms with Crippen LogP contribution in [0.15, 0.2) is 54.6 Å². The third kappa shape index (κ3) is 6.19. The van der Waals surface area contributed by atoms with Gasteiger partial charge in [-0.25, -0.2) is 14.2 Å². The zero-order valence-electron chi connectivity index (χ0n) is 18.5. The monoisotopic (exact) mass is 489 g/mol. The van der Waals surface area contributed by atoms with Crippen LogP contribution in [0.25, 0.3) is 0 Å². The standard InChI is InChI=1S/C24H19F4N3O4/c1-3-35-23(34)17-9-11-20(29-13(17)2)22(33)31-19-10-8-16(12-18(19)24(26,27)28)30-21(32)14-4-6-15(25)7-5-14/h4-12H,3H2,1-2H3,(H,30,32)(H,31,33). The maximum Gasteiger partial charge on any atom is 0.418 e. The molecule has 1 aromatic heterocycles. The van der Waals surface area contributed by atoms with Crippen LogP contribution in [0.1, 0.15) is 49.4 Å². The average Bonchev–Trinajstić information content (AvgIpc) is 2.79. The van der Waals surface area contributed by atoms with Crippen LogP contribution in [-0.4, -0.2) is 29.4 Å². The van der Waals surface area contributed by atoms with Gasteiger partial charge in [0, 0.05) is 11.3 Å².